The van der Waals surface area contributed by atoms with Gasteiger partial charge in [0.2, 0.25) is 0 Å². The van der Waals surface area contributed by atoms with Crippen LogP contribution in [0.25, 0.3) is 10.9 Å². The summed E-state index contributed by atoms with van der Waals surface area (Å²) in [7, 11) is 1.76. The Balaban J connectivity index is 1.72. The van der Waals surface area contributed by atoms with E-state index in [1.54, 1.807) is 7.11 Å². The first-order valence-corrected chi connectivity index (χ1v) is 9.16. The third-order valence-electron chi connectivity index (χ3n) is 4.94. The second kappa shape index (κ2) is 7.34. The molecular weight excluding hydrogens is 324 g/mol. The second-order valence-electron chi connectivity index (χ2n) is 6.70. The molecule has 2 heterocycles. The second-order valence-corrected chi connectivity index (χ2v) is 6.70. The summed E-state index contributed by atoms with van der Waals surface area (Å²) in [6.45, 7) is 4.95. The third kappa shape index (κ3) is 3.25. The number of hydrogen-bond donors (Lipinski definition) is 0. The zero-order valence-electron chi connectivity index (χ0n) is 15.4. The molecule has 0 fully saturated rings. The SMILES string of the molecule is COCCCN1CCc2c(C)nc3ccc(Oc4ccccc4)cc3c21. The predicted molar refractivity (Wildman–Crippen MR) is 105 cm³/mol. The van der Waals surface area contributed by atoms with Crippen molar-refractivity contribution in [3.05, 3.63) is 59.8 Å². The highest BCUT2D eigenvalue weighted by Gasteiger charge is 2.24. The molecule has 1 aromatic heterocycles. The summed E-state index contributed by atoms with van der Waals surface area (Å²) in [4.78, 5) is 7.29. The van der Waals surface area contributed by atoms with Crippen molar-refractivity contribution in [3.63, 3.8) is 0 Å². The van der Waals surface area contributed by atoms with Gasteiger partial charge in [-0.15, -0.1) is 0 Å². The van der Waals surface area contributed by atoms with Crippen LogP contribution in [0, 0.1) is 6.92 Å². The minimum Gasteiger partial charge on any atom is -0.457 e. The lowest BCUT2D eigenvalue weighted by Gasteiger charge is -2.21. The molecule has 0 unspecified atom stereocenters. The molecular formula is C22H24N2O2. The summed E-state index contributed by atoms with van der Waals surface area (Å²) < 4.78 is 11.3. The molecule has 0 atom stereocenters. The van der Waals surface area contributed by atoms with Crippen molar-refractivity contribution >= 4 is 16.6 Å². The summed E-state index contributed by atoms with van der Waals surface area (Å²) in [5.74, 6) is 1.70. The summed E-state index contributed by atoms with van der Waals surface area (Å²) in [5.41, 5.74) is 4.85. The molecule has 0 N–H and O–H groups in total. The standard InChI is InChI=1S/C22H24N2O2/c1-16-19-11-13-24(12-6-14-25-2)22(19)20-15-18(9-10-21(20)23-16)26-17-7-4-3-5-8-17/h3-5,7-10,15H,6,11-14H2,1-2H3. The van der Waals surface area contributed by atoms with Crippen molar-refractivity contribution in [2.75, 3.05) is 31.7 Å². The van der Waals surface area contributed by atoms with E-state index in [0.29, 0.717) is 0 Å². The van der Waals surface area contributed by atoms with Crippen molar-refractivity contribution in [1.29, 1.82) is 0 Å². The Hall–Kier alpha value is -2.59. The monoisotopic (exact) mass is 348 g/mol. The van der Waals surface area contributed by atoms with Gasteiger partial charge in [0, 0.05) is 37.9 Å². The molecule has 0 saturated carbocycles. The number of methoxy groups -OCH3 is 1. The Bertz CT molecular complexity index is 909. The maximum absolute atomic E-state index is 6.04. The van der Waals surface area contributed by atoms with Gasteiger partial charge >= 0.3 is 0 Å². The first kappa shape index (κ1) is 16.9. The van der Waals surface area contributed by atoms with Gasteiger partial charge in [0.25, 0.3) is 0 Å². The van der Waals surface area contributed by atoms with E-state index in [4.69, 9.17) is 14.5 Å². The van der Waals surface area contributed by atoms with Crippen LogP contribution in [0.15, 0.2) is 48.5 Å². The largest absolute Gasteiger partial charge is 0.457 e. The van der Waals surface area contributed by atoms with Crippen LogP contribution in [0.2, 0.25) is 0 Å². The van der Waals surface area contributed by atoms with Gasteiger partial charge in [0.05, 0.1) is 11.2 Å². The molecule has 0 radical (unpaired) electrons. The number of hydrogen-bond acceptors (Lipinski definition) is 4. The average molecular weight is 348 g/mol. The van der Waals surface area contributed by atoms with Gasteiger partial charge in [0.15, 0.2) is 0 Å². The number of rotatable bonds is 6. The summed E-state index contributed by atoms with van der Waals surface area (Å²) in [5, 5.41) is 1.17. The molecule has 1 aliphatic heterocycles. The van der Waals surface area contributed by atoms with Gasteiger partial charge in [-0.25, -0.2) is 0 Å². The molecule has 3 aromatic rings. The number of aromatic nitrogens is 1. The number of nitrogens with zero attached hydrogens (tertiary/aromatic N) is 2. The van der Waals surface area contributed by atoms with Gasteiger partial charge in [0.1, 0.15) is 11.5 Å². The lowest BCUT2D eigenvalue weighted by atomic mass is 10.1. The number of aryl methyl sites for hydroxylation is 1. The van der Waals surface area contributed by atoms with E-state index in [9.17, 15) is 0 Å². The number of anilines is 1. The lowest BCUT2D eigenvalue weighted by Crippen LogP contribution is -2.23. The van der Waals surface area contributed by atoms with E-state index in [1.807, 2.05) is 36.4 Å². The summed E-state index contributed by atoms with van der Waals surface area (Å²) in [6, 6.07) is 16.1. The van der Waals surface area contributed by atoms with Crippen LogP contribution < -0.4 is 9.64 Å². The Morgan fingerprint density at radius 3 is 2.73 bits per heavy atom. The first-order chi connectivity index (χ1) is 12.8. The van der Waals surface area contributed by atoms with Gasteiger partial charge in [-0.05, 0) is 55.7 Å². The molecule has 0 amide bonds. The predicted octanol–water partition coefficient (Wildman–Crippen LogP) is 4.73. The average Bonchev–Trinajstić information content (AvgIpc) is 3.08. The molecule has 0 bridgehead atoms. The van der Waals surface area contributed by atoms with E-state index in [2.05, 4.69) is 24.0 Å². The number of pyridine rings is 1. The van der Waals surface area contributed by atoms with E-state index in [1.165, 1.54) is 16.6 Å². The van der Waals surface area contributed by atoms with E-state index >= 15 is 0 Å². The minimum atomic E-state index is 0.788. The number of benzene rings is 2. The van der Waals surface area contributed by atoms with E-state index in [-0.39, 0.29) is 0 Å². The van der Waals surface area contributed by atoms with Crippen LogP contribution in [-0.4, -0.2) is 31.8 Å². The van der Waals surface area contributed by atoms with Gasteiger partial charge in [-0.1, -0.05) is 18.2 Å². The van der Waals surface area contributed by atoms with Crippen molar-refractivity contribution < 1.29 is 9.47 Å². The van der Waals surface area contributed by atoms with Crippen molar-refractivity contribution in [1.82, 2.24) is 4.98 Å². The molecule has 4 nitrogen and oxygen atoms in total. The van der Waals surface area contributed by atoms with Crippen LogP contribution in [0.1, 0.15) is 17.7 Å². The smallest absolute Gasteiger partial charge is 0.128 e. The fourth-order valence-corrected chi connectivity index (χ4v) is 3.71. The minimum absolute atomic E-state index is 0.788. The lowest BCUT2D eigenvalue weighted by molar-refractivity contribution is 0.196. The highest BCUT2D eigenvalue weighted by atomic mass is 16.5. The van der Waals surface area contributed by atoms with Crippen molar-refractivity contribution in [3.8, 4) is 11.5 Å². The Morgan fingerprint density at radius 1 is 1.08 bits per heavy atom. The van der Waals surface area contributed by atoms with Crippen LogP contribution in [0.3, 0.4) is 0 Å². The van der Waals surface area contributed by atoms with Gasteiger partial charge in [-0.2, -0.15) is 0 Å². The molecule has 0 aliphatic carbocycles. The molecule has 1 aliphatic rings. The fourth-order valence-electron chi connectivity index (χ4n) is 3.71. The molecule has 0 spiro atoms. The number of ether oxygens (including phenoxy) is 2. The summed E-state index contributed by atoms with van der Waals surface area (Å²) in [6.07, 6.45) is 2.08. The van der Waals surface area contributed by atoms with Crippen LogP contribution in [0.4, 0.5) is 5.69 Å². The van der Waals surface area contributed by atoms with Crippen LogP contribution in [-0.2, 0) is 11.2 Å². The van der Waals surface area contributed by atoms with E-state index in [0.717, 1.165) is 55.2 Å². The molecule has 4 rings (SSSR count). The van der Waals surface area contributed by atoms with Gasteiger partial charge < -0.3 is 14.4 Å². The maximum Gasteiger partial charge on any atom is 0.128 e. The number of fused-ring (bicyclic) bond motifs is 3. The first-order valence-electron chi connectivity index (χ1n) is 9.16. The normalized spacial score (nSPS) is 13.2. The zero-order chi connectivity index (χ0) is 17.9. The van der Waals surface area contributed by atoms with E-state index < -0.39 is 0 Å². The van der Waals surface area contributed by atoms with Crippen molar-refractivity contribution in [2.24, 2.45) is 0 Å². The highest BCUT2D eigenvalue weighted by molar-refractivity contribution is 5.96. The highest BCUT2D eigenvalue weighted by Crippen LogP contribution is 2.38. The fraction of sp³-hybridized carbons (Fsp3) is 0.318. The molecule has 134 valence electrons. The molecule has 26 heavy (non-hydrogen) atoms. The third-order valence-corrected chi connectivity index (χ3v) is 4.94. The van der Waals surface area contributed by atoms with Gasteiger partial charge in [-0.3, -0.25) is 4.98 Å². The topological polar surface area (TPSA) is 34.6 Å². The maximum atomic E-state index is 6.04. The molecule has 2 aromatic carbocycles. The zero-order valence-corrected chi connectivity index (χ0v) is 15.4. The summed E-state index contributed by atoms with van der Waals surface area (Å²) >= 11 is 0. The Morgan fingerprint density at radius 2 is 1.92 bits per heavy atom. The Kier molecular flexibility index (Phi) is 4.76. The molecule has 0 saturated heterocycles. The van der Waals surface area contributed by atoms with Crippen molar-refractivity contribution in [2.45, 2.75) is 19.8 Å². The number of para-hydroxylation sites is 1. The quantitative estimate of drug-likeness (QED) is 0.603. The van der Waals surface area contributed by atoms with Crippen LogP contribution in [0.5, 0.6) is 11.5 Å². The Labute approximate surface area is 154 Å². The molecule has 4 heteroatoms. The van der Waals surface area contributed by atoms with Crippen LogP contribution >= 0.6 is 0 Å².